The molecule has 1 aromatic carbocycles. The molecule has 3 N–H and O–H groups in total. The van der Waals surface area contributed by atoms with Crippen LogP contribution in [-0.4, -0.2) is 26.8 Å². The van der Waals surface area contributed by atoms with Crippen LogP contribution in [0.4, 0.5) is 0 Å². The summed E-state index contributed by atoms with van der Waals surface area (Å²) in [5, 5.41) is 5.17. The first-order chi connectivity index (χ1) is 9.19. The van der Waals surface area contributed by atoms with E-state index in [0.717, 1.165) is 19.9 Å². The fourth-order valence-electron chi connectivity index (χ4n) is 1.40. The van der Waals surface area contributed by atoms with Crippen LogP contribution in [0.1, 0.15) is 6.92 Å². The van der Waals surface area contributed by atoms with Gasteiger partial charge in [0.25, 0.3) is 0 Å². The Hall–Kier alpha value is -1.51. The van der Waals surface area contributed by atoms with Gasteiger partial charge in [0.1, 0.15) is 12.1 Å². The SMILES string of the molecule is CCOc1ccc2[nH]c(=S)sc2c1.S=c1nc[nH][nH]1. The minimum atomic E-state index is 0.495. The molecule has 0 fully saturated rings. The number of H-pyrrole nitrogens is 3. The average molecular weight is 312 g/mol. The molecule has 0 aliphatic rings. The fourth-order valence-corrected chi connectivity index (χ4v) is 2.66. The highest BCUT2D eigenvalue weighted by Crippen LogP contribution is 2.24. The van der Waals surface area contributed by atoms with Gasteiger partial charge in [-0.15, -0.1) is 11.3 Å². The summed E-state index contributed by atoms with van der Waals surface area (Å²) in [5.41, 5.74) is 1.08. The highest BCUT2D eigenvalue weighted by Gasteiger charge is 1.98. The predicted molar refractivity (Wildman–Crippen MR) is 82.0 cm³/mol. The lowest BCUT2D eigenvalue weighted by molar-refractivity contribution is 0.341. The van der Waals surface area contributed by atoms with E-state index in [-0.39, 0.29) is 0 Å². The standard InChI is InChI=1S/C9H9NOS2.C2H3N3S/c1-2-11-6-3-4-7-8(5-6)13-9(12)10-7;6-2-3-1-4-5-2/h3-5H,2H2,1H3,(H,10,12);1H,(H2,3,4,5,6). The molecule has 2 aromatic heterocycles. The monoisotopic (exact) mass is 312 g/mol. The van der Waals surface area contributed by atoms with Crippen molar-refractivity contribution < 1.29 is 4.74 Å². The second-order valence-corrected chi connectivity index (χ2v) is 5.54. The summed E-state index contributed by atoms with van der Waals surface area (Å²) in [6.07, 6.45) is 1.50. The topological polar surface area (TPSA) is 69.5 Å². The molecule has 3 rings (SSSR count). The Morgan fingerprint density at radius 1 is 1.37 bits per heavy atom. The molecular formula is C11H12N4OS3. The molecule has 100 valence electrons. The quantitative estimate of drug-likeness (QED) is 0.629. The zero-order valence-electron chi connectivity index (χ0n) is 10.1. The number of benzene rings is 1. The van der Waals surface area contributed by atoms with Crippen molar-refractivity contribution in [1.29, 1.82) is 0 Å². The highest BCUT2D eigenvalue weighted by atomic mass is 32.1. The molecular weight excluding hydrogens is 300 g/mol. The van der Waals surface area contributed by atoms with E-state index < -0.39 is 0 Å². The van der Waals surface area contributed by atoms with Crippen molar-refractivity contribution in [1.82, 2.24) is 20.2 Å². The molecule has 0 aliphatic carbocycles. The van der Waals surface area contributed by atoms with E-state index >= 15 is 0 Å². The van der Waals surface area contributed by atoms with E-state index in [1.165, 1.54) is 6.33 Å². The number of aromatic amines is 3. The van der Waals surface area contributed by atoms with Crippen molar-refractivity contribution in [3.8, 4) is 5.75 Å². The maximum Gasteiger partial charge on any atom is 0.213 e. The van der Waals surface area contributed by atoms with Crippen molar-refractivity contribution in [2.75, 3.05) is 6.61 Å². The minimum absolute atomic E-state index is 0.495. The molecule has 2 heterocycles. The number of nitrogens with one attached hydrogen (secondary N) is 3. The van der Waals surface area contributed by atoms with Crippen LogP contribution in [-0.2, 0) is 0 Å². The summed E-state index contributed by atoms with van der Waals surface area (Å²) < 4.78 is 7.84. The maximum absolute atomic E-state index is 5.38. The molecule has 0 radical (unpaired) electrons. The molecule has 0 saturated heterocycles. The molecule has 19 heavy (non-hydrogen) atoms. The van der Waals surface area contributed by atoms with Gasteiger partial charge in [-0.1, -0.05) is 0 Å². The summed E-state index contributed by atoms with van der Waals surface area (Å²) in [6, 6.07) is 5.95. The molecule has 0 spiro atoms. The zero-order valence-corrected chi connectivity index (χ0v) is 12.5. The molecule has 0 bridgehead atoms. The van der Waals surface area contributed by atoms with Gasteiger partial charge in [-0.25, -0.2) is 4.98 Å². The highest BCUT2D eigenvalue weighted by molar-refractivity contribution is 7.73. The van der Waals surface area contributed by atoms with Gasteiger partial charge in [-0.2, -0.15) is 0 Å². The van der Waals surface area contributed by atoms with Crippen LogP contribution in [0.15, 0.2) is 24.5 Å². The van der Waals surface area contributed by atoms with E-state index in [1.807, 2.05) is 25.1 Å². The molecule has 8 heteroatoms. The second-order valence-electron chi connectivity index (χ2n) is 3.44. The third kappa shape index (κ3) is 3.98. The predicted octanol–water partition coefficient (Wildman–Crippen LogP) is 3.82. The molecule has 0 amide bonds. The largest absolute Gasteiger partial charge is 0.494 e. The Morgan fingerprint density at radius 2 is 2.21 bits per heavy atom. The number of fused-ring (bicyclic) bond motifs is 1. The normalized spacial score (nSPS) is 9.95. The molecule has 5 nitrogen and oxygen atoms in total. The van der Waals surface area contributed by atoms with E-state index in [9.17, 15) is 0 Å². The second kappa shape index (κ2) is 6.60. The van der Waals surface area contributed by atoms with Crippen LogP contribution in [0.5, 0.6) is 5.75 Å². The van der Waals surface area contributed by atoms with Gasteiger partial charge >= 0.3 is 0 Å². The van der Waals surface area contributed by atoms with Crippen LogP contribution >= 0.6 is 35.8 Å². The van der Waals surface area contributed by atoms with E-state index in [4.69, 9.17) is 17.0 Å². The third-order valence-corrected chi connectivity index (χ3v) is 3.53. The van der Waals surface area contributed by atoms with E-state index in [2.05, 4.69) is 32.4 Å². The molecule has 0 saturated carbocycles. The first-order valence-electron chi connectivity index (χ1n) is 5.52. The number of rotatable bonds is 2. The van der Waals surface area contributed by atoms with Crippen LogP contribution in [0.25, 0.3) is 10.2 Å². The molecule has 0 atom stereocenters. The summed E-state index contributed by atoms with van der Waals surface area (Å²) in [7, 11) is 0. The fraction of sp³-hybridized carbons (Fsp3) is 0.182. The summed E-state index contributed by atoms with van der Waals surface area (Å²) in [6.45, 7) is 2.67. The van der Waals surface area contributed by atoms with Crippen molar-refractivity contribution in [2.24, 2.45) is 0 Å². The first-order valence-corrected chi connectivity index (χ1v) is 7.16. The van der Waals surface area contributed by atoms with E-state index in [0.29, 0.717) is 11.4 Å². The van der Waals surface area contributed by atoms with Gasteiger partial charge in [-0.05, 0) is 49.6 Å². The Balaban J connectivity index is 0.000000186. The third-order valence-electron chi connectivity index (χ3n) is 2.13. The maximum atomic E-state index is 5.38. The van der Waals surface area contributed by atoms with E-state index in [1.54, 1.807) is 11.3 Å². The van der Waals surface area contributed by atoms with Crippen LogP contribution in [0.2, 0.25) is 0 Å². The first kappa shape index (κ1) is 13.9. The van der Waals surface area contributed by atoms with Crippen LogP contribution in [0, 0.1) is 8.73 Å². The lowest BCUT2D eigenvalue weighted by Gasteiger charge is -2.00. The van der Waals surface area contributed by atoms with Gasteiger partial charge in [0.2, 0.25) is 4.77 Å². The van der Waals surface area contributed by atoms with Crippen molar-refractivity contribution in [2.45, 2.75) is 6.92 Å². The number of nitrogens with zero attached hydrogens (tertiary/aromatic N) is 1. The van der Waals surface area contributed by atoms with Gasteiger partial charge in [-0.3, -0.25) is 10.2 Å². The summed E-state index contributed by atoms with van der Waals surface area (Å²) in [4.78, 5) is 6.73. The molecule has 0 unspecified atom stereocenters. The lowest BCUT2D eigenvalue weighted by Crippen LogP contribution is -1.89. The Bertz CT molecular complexity index is 738. The number of thiazole rings is 1. The number of ether oxygens (including phenoxy) is 1. The molecule has 3 aromatic rings. The van der Waals surface area contributed by atoms with Gasteiger partial charge < -0.3 is 9.72 Å². The van der Waals surface area contributed by atoms with Crippen molar-refractivity contribution >= 4 is 46.0 Å². The number of hydrogen-bond acceptors (Lipinski definition) is 5. The Kier molecular flexibility index (Phi) is 4.83. The van der Waals surface area contributed by atoms with Gasteiger partial charge in [0.15, 0.2) is 3.95 Å². The van der Waals surface area contributed by atoms with Crippen molar-refractivity contribution in [3.05, 3.63) is 33.3 Å². The summed E-state index contributed by atoms with van der Waals surface area (Å²) in [5.74, 6) is 0.903. The van der Waals surface area contributed by atoms with Gasteiger partial charge in [0, 0.05) is 0 Å². The Labute approximate surface area is 123 Å². The van der Waals surface area contributed by atoms with Gasteiger partial charge in [0.05, 0.1) is 16.8 Å². The smallest absolute Gasteiger partial charge is 0.213 e. The minimum Gasteiger partial charge on any atom is -0.494 e. The van der Waals surface area contributed by atoms with Crippen LogP contribution < -0.4 is 4.74 Å². The molecule has 0 aliphatic heterocycles. The van der Waals surface area contributed by atoms with Crippen LogP contribution in [0.3, 0.4) is 0 Å². The summed E-state index contributed by atoms with van der Waals surface area (Å²) >= 11 is 11.2. The lowest BCUT2D eigenvalue weighted by atomic mass is 10.3. The number of aromatic nitrogens is 4. The number of hydrogen-bond donors (Lipinski definition) is 3. The zero-order chi connectivity index (χ0) is 13.7. The average Bonchev–Trinajstić information content (AvgIpc) is 2.98. The Morgan fingerprint density at radius 3 is 2.79 bits per heavy atom. The van der Waals surface area contributed by atoms with Crippen molar-refractivity contribution in [3.63, 3.8) is 0 Å².